The smallest absolute Gasteiger partial charge is 0.251 e. The van der Waals surface area contributed by atoms with E-state index in [9.17, 15) is 13.6 Å². The van der Waals surface area contributed by atoms with Crippen molar-refractivity contribution < 1.29 is 13.6 Å². The third-order valence-corrected chi connectivity index (χ3v) is 3.12. The predicted molar refractivity (Wildman–Crippen MR) is 45.4 cm³/mol. The van der Waals surface area contributed by atoms with Gasteiger partial charge >= 0.3 is 0 Å². The van der Waals surface area contributed by atoms with Crippen molar-refractivity contribution in [2.75, 3.05) is 5.75 Å². The van der Waals surface area contributed by atoms with Crippen LogP contribution in [0.3, 0.4) is 0 Å². The summed E-state index contributed by atoms with van der Waals surface area (Å²) in [5, 5.41) is -0.0716. The van der Waals surface area contributed by atoms with Crippen LogP contribution in [0.2, 0.25) is 0 Å². The molecule has 1 aliphatic rings. The highest BCUT2D eigenvalue weighted by atomic mass is 32.2. The Hall–Kier alpha value is -0.120. The molecule has 1 rings (SSSR count). The maximum atomic E-state index is 12.9. The number of halogens is 2. The summed E-state index contributed by atoms with van der Waals surface area (Å²) >= 11 is 1.01. The summed E-state index contributed by atoms with van der Waals surface area (Å²) in [6, 6.07) is 0. The lowest BCUT2D eigenvalue weighted by molar-refractivity contribution is -0.109. The van der Waals surface area contributed by atoms with Gasteiger partial charge in [0, 0.05) is 25.0 Å². The van der Waals surface area contributed by atoms with Crippen LogP contribution in [0.15, 0.2) is 0 Å². The molecule has 0 saturated heterocycles. The molecule has 0 radical (unpaired) electrons. The van der Waals surface area contributed by atoms with Crippen molar-refractivity contribution in [3.8, 4) is 0 Å². The minimum atomic E-state index is -2.53. The maximum absolute atomic E-state index is 12.9. The molecule has 0 bridgehead atoms. The summed E-state index contributed by atoms with van der Waals surface area (Å²) in [5.74, 6) is -2.82. The Labute approximate surface area is 74.9 Å². The Balaban J connectivity index is 2.36. The zero-order valence-corrected chi connectivity index (χ0v) is 7.79. The van der Waals surface area contributed by atoms with Crippen molar-refractivity contribution in [2.24, 2.45) is 5.92 Å². The van der Waals surface area contributed by atoms with E-state index in [1.807, 2.05) is 0 Å². The van der Waals surface area contributed by atoms with E-state index < -0.39 is 11.8 Å². The van der Waals surface area contributed by atoms with Gasteiger partial charge in [-0.25, -0.2) is 8.78 Å². The fourth-order valence-corrected chi connectivity index (χ4v) is 2.27. The van der Waals surface area contributed by atoms with E-state index in [-0.39, 0.29) is 17.3 Å². The standard InChI is InChI=1S/C8H12F2OS/c1-6(11)12-5-7-3-2-4-8(7,9)10/h7H,2-5H2,1H3. The predicted octanol–water partition coefficient (Wildman–Crippen LogP) is 2.70. The number of carbonyl (C=O) groups is 1. The molecule has 0 aromatic heterocycles. The van der Waals surface area contributed by atoms with E-state index in [1.165, 1.54) is 6.92 Å². The first-order valence-corrected chi connectivity index (χ1v) is 5.02. The SMILES string of the molecule is CC(=O)SCC1CCCC1(F)F. The molecule has 1 atom stereocenters. The molecular formula is C8H12F2OS. The second-order valence-electron chi connectivity index (χ2n) is 3.15. The van der Waals surface area contributed by atoms with Gasteiger partial charge in [0.1, 0.15) is 0 Å². The van der Waals surface area contributed by atoms with Crippen molar-refractivity contribution in [2.45, 2.75) is 32.1 Å². The van der Waals surface area contributed by atoms with Gasteiger partial charge in [-0.2, -0.15) is 0 Å². The summed E-state index contributed by atoms with van der Waals surface area (Å²) in [6.45, 7) is 1.41. The van der Waals surface area contributed by atoms with Crippen LogP contribution < -0.4 is 0 Å². The highest BCUT2D eigenvalue weighted by Gasteiger charge is 2.43. The van der Waals surface area contributed by atoms with Crippen LogP contribution in [0, 0.1) is 5.92 Å². The molecular weight excluding hydrogens is 182 g/mol. The summed E-state index contributed by atoms with van der Waals surface area (Å²) in [5.41, 5.74) is 0. The molecule has 1 saturated carbocycles. The van der Waals surface area contributed by atoms with E-state index >= 15 is 0 Å². The van der Waals surface area contributed by atoms with Crippen molar-refractivity contribution in [3.63, 3.8) is 0 Å². The van der Waals surface area contributed by atoms with Crippen LogP contribution in [0.4, 0.5) is 8.78 Å². The molecule has 70 valence electrons. The van der Waals surface area contributed by atoms with Crippen LogP contribution in [-0.4, -0.2) is 16.8 Å². The number of hydrogen-bond acceptors (Lipinski definition) is 2. The average molecular weight is 194 g/mol. The Morgan fingerprint density at radius 1 is 1.67 bits per heavy atom. The van der Waals surface area contributed by atoms with Gasteiger partial charge in [0.25, 0.3) is 5.92 Å². The monoisotopic (exact) mass is 194 g/mol. The lowest BCUT2D eigenvalue weighted by atomic mass is 10.1. The quantitative estimate of drug-likeness (QED) is 0.672. The second kappa shape index (κ2) is 3.73. The highest BCUT2D eigenvalue weighted by molar-refractivity contribution is 8.13. The third-order valence-electron chi connectivity index (χ3n) is 2.15. The Kier molecular flexibility index (Phi) is 3.09. The Bertz CT molecular complexity index is 182. The first-order valence-electron chi connectivity index (χ1n) is 4.03. The number of alkyl halides is 2. The van der Waals surface area contributed by atoms with Crippen molar-refractivity contribution >= 4 is 16.9 Å². The number of carbonyl (C=O) groups excluding carboxylic acids is 1. The van der Waals surface area contributed by atoms with Gasteiger partial charge in [0.05, 0.1) is 0 Å². The van der Waals surface area contributed by atoms with Crippen LogP contribution in [0.25, 0.3) is 0 Å². The molecule has 1 aliphatic carbocycles. The van der Waals surface area contributed by atoms with Gasteiger partial charge in [-0.3, -0.25) is 4.79 Å². The summed E-state index contributed by atoms with van der Waals surface area (Å²) in [4.78, 5) is 10.5. The van der Waals surface area contributed by atoms with E-state index in [0.29, 0.717) is 12.8 Å². The largest absolute Gasteiger partial charge is 0.288 e. The molecule has 0 aromatic rings. The topological polar surface area (TPSA) is 17.1 Å². The molecule has 1 unspecified atom stereocenters. The van der Waals surface area contributed by atoms with Crippen molar-refractivity contribution in [3.05, 3.63) is 0 Å². The molecule has 1 nitrogen and oxygen atoms in total. The maximum Gasteiger partial charge on any atom is 0.251 e. The van der Waals surface area contributed by atoms with Crippen molar-refractivity contribution in [1.82, 2.24) is 0 Å². The van der Waals surface area contributed by atoms with E-state index in [2.05, 4.69) is 0 Å². The molecule has 12 heavy (non-hydrogen) atoms. The zero-order chi connectivity index (χ0) is 9.19. The van der Waals surface area contributed by atoms with Gasteiger partial charge < -0.3 is 0 Å². The molecule has 0 heterocycles. The van der Waals surface area contributed by atoms with Gasteiger partial charge in [-0.05, 0) is 12.8 Å². The van der Waals surface area contributed by atoms with Crippen LogP contribution in [-0.2, 0) is 4.79 Å². The molecule has 1 fully saturated rings. The summed E-state index contributed by atoms with van der Waals surface area (Å²) in [6.07, 6.45) is 1.15. The fraction of sp³-hybridized carbons (Fsp3) is 0.875. The Morgan fingerprint density at radius 2 is 2.33 bits per heavy atom. The first-order chi connectivity index (χ1) is 5.52. The molecule has 0 N–H and O–H groups in total. The molecule has 0 aromatic carbocycles. The zero-order valence-electron chi connectivity index (χ0n) is 6.98. The highest BCUT2D eigenvalue weighted by Crippen LogP contribution is 2.41. The minimum absolute atomic E-state index is 0.00384. The van der Waals surface area contributed by atoms with Crippen LogP contribution in [0.5, 0.6) is 0 Å². The van der Waals surface area contributed by atoms with E-state index in [0.717, 1.165) is 11.8 Å². The van der Waals surface area contributed by atoms with Gasteiger partial charge in [-0.15, -0.1) is 0 Å². The lowest BCUT2D eigenvalue weighted by Crippen LogP contribution is -2.23. The minimum Gasteiger partial charge on any atom is -0.288 e. The molecule has 0 aliphatic heterocycles. The van der Waals surface area contributed by atoms with E-state index in [1.54, 1.807) is 0 Å². The molecule has 4 heteroatoms. The average Bonchev–Trinajstić information content (AvgIpc) is 2.25. The van der Waals surface area contributed by atoms with Crippen LogP contribution in [0.1, 0.15) is 26.2 Å². The lowest BCUT2D eigenvalue weighted by Gasteiger charge is -2.17. The number of rotatable bonds is 2. The molecule has 0 spiro atoms. The van der Waals surface area contributed by atoms with Gasteiger partial charge in [0.2, 0.25) is 0 Å². The Morgan fingerprint density at radius 3 is 2.75 bits per heavy atom. The number of hydrogen-bond donors (Lipinski definition) is 0. The first kappa shape index (κ1) is 9.96. The van der Waals surface area contributed by atoms with Gasteiger partial charge in [0.15, 0.2) is 5.12 Å². The molecule has 0 amide bonds. The third kappa shape index (κ3) is 2.44. The van der Waals surface area contributed by atoms with Gasteiger partial charge in [-0.1, -0.05) is 11.8 Å². The summed E-state index contributed by atoms with van der Waals surface area (Å²) < 4.78 is 25.9. The van der Waals surface area contributed by atoms with Crippen molar-refractivity contribution in [1.29, 1.82) is 0 Å². The normalized spacial score (nSPS) is 27.4. The van der Waals surface area contributed by atoms with Crippen LogP contribution >= 0.6 is 11.8 Å². The fourth-order valence-electron chi connectivity index (χ4n) is 1.42. The van der Waals surface area contributed by atoms with E-state index in [4.69, 9.17) is 0 Å². The summed E-state index contributed by atoms with van der Waals surface area (Å²) in [7, 11) is 0. The second-order valence-corrected chi connectivity index (χ2v) is 4.35. The number of thioether (sulfide) groups is 1.